The van der Waals surface area contributed by atoms with E-state index in [4.69, 9.17) is 12.2 Å². The normalized spacial score (nSPS) is 11.0. The molecular formula is C13H28N2S. The van der Waals surface area contributed by atoms with E-state index in [0.717, 1.165) is 30.0 Å². The van der Waals surface area contributed by atoms with Crippen molar-refractivity contribution in [2.75, 3.05) is 27.2 Å². The highest BCUT2D eigenvalue weighted by Gasteiger charge is 2.10. The van der Waals surface area contributed by atoms with E-state index in [1.807, 2.05) is 0 Å². The maximum absolute atomic E-state index is 5.46. The smallest absolute Gasteiger partial charge is 0.171 e. The van der Waals surface area contributed by atoms with Crippen molar-refractivity contribution in [1.82, 2.24) is 9.80 Å². The van der Waals surface area contributed by atoms with E-state index in [0.29, 0.717) is 0 Å². The minimum atomic E-state index is 0.742. The minimum absolute atomic E-state index is 0.742. The molecule has 0 aromatic rings. The molecule has 96 valence electrons. The quantitative estimate of drug-likeness (QED) is 0.662. The first kappa shape index (κ1) is 15.7. The highest BCUT2D eigenvalue weighted by Crippen LogP contribution is 2.05. The predicted octanol–water partition coefficient (Wildman–Crippen LogP) is 3.23. The van der Waals surface area contributed by atoms with E-state index in [9.17, 15) is 0 Å². The van der Waals surface area contributed by atoms with Crippen molar-refractivity contribution < 1.29 is 0 Å². The van der Waals surface area contributed by atoms with Gasteiger partial charge in [-0.1, -0.05) is 27.7 Å². The van der Waals surface area contributed by atoms with Gasteiger partial charge in [-0.15, -0.1) is 0 Å². The molecule has 0 saturated carbocycles. The molecule has 0 fully saturated rings. The van der Waals surface area contributed by atoms with Gasteiger partial charge in [-0.25, -0.2) is 0 Å². The summed E-state index contributed by atoms with van der Waals surface area (Å²) in [6.07, 6.45) is 2.41. The fourth-order valence-electron chi connectivity index (χ4n) is 1.39. The lowest BCUT2D eigenvalue weighted by Crippen LogP contribution is -2.40. The first-order chi connectivity index (χ1) is 7.34. The van der Waals surface area contributed by atoms with Crippen LogP contribution in [0.25, 0.3) is 0 Å². The zero-order chi connectivity index (χ0) is 12.7. The first-order valence-corrected chi connectivity index (χ1v) is 6.71. The van der Waals surface area contributed by atoms with Crippen LogP contribution in [-0.4, -0.2) is 42.1 Å². The highest BCUT2D eigenvalue weighted by atomic mass is 32.1. The largest absolute Gasteiger partial charge is 0.352 e. The summed E-state index contributed by atoms with van der Waals surface area (Å²) < 4.78 is 0. The average molecular weight is 244 g/mol. The van der Waals surface area contributed by atoms with Gasteiger partial charge in [0.05, 0.1) is 0 Å². The van der Waals surface area contributed by atoms with Crippen LogP contribution in [0.5, 0.6) is 0 Å². The van der Waals surface area contributed by atoms with Crippen LogP contribution in [0.15, 0.2) is 0 Å². The fraction of sp³-hybridized carbons (Fsp3) is 0.923. The second kappa shape index (κ2) is 7.88. The molecule has 0 saturated heterocycles. The van der Waals surface area contributed by atoms with E-state index in [1.165, 1.54) is 12.8 Å². The Labute approximate surface area is 107 Å². The zero-order valence-electron chi connectivity index (χ0n) is 11.8. The Morgan fingerprint density at radius 1 is 0.875 bits per heavy atom. The number of hydrogen-bond acceptors (Lipinski definition) is 1. The molecule has 2 nitrogen and oxygen atoms in total. The molecule has 0 N–H and O–H groups in total. The van der Waals surface area contributed by atoms with Gasteiger partial charge in [-0.2, -0.15) is 0 Å². The third kappa shape index (κ3) is 7.04. The molecular weight excluding hydrogens is 216 g/mol. The molecule has 0 aromatic heterocycles. The van der Waals surface area contributed by atoms with Gasteiger partial charge in [-0.3, -0.25) is 0 Å². The van der Waals surface area contributed by atoms with Gasteiger partial charge in [0, 0.05) is 27.2 Å². The van der Waals surface area contributed by atoms with Crippen LogP contribution in [0.4, 0.5) is 0 Å². The number of hydrogen-bond donors (Lipinski definition) is 0. The third-order valence-corrected chi connectivity index (χ3v) is 3.36. The van der Waals surface area contributed by atoms with Crippen LogP contribution in [0.1, 0.15) is 40.5 Å². The topological polar surface area (TPSA) is 6.48 Å². The van der Waals surface area contributed by atoms with E-state index in [2.05, 4.69) is 51.6 Å². The molecule has 3 heteroatoms. The highest BCUT2D eigenvalue weighted by molar-refractivity contribution is 7.80. The molecule has 0 rings (SSSR count). The van der Waals surface area contributed by atoms with Crippen molar-refractivity contribution in [3.63, 3.8) is 0 Å². The third-order valence-electron chi connectivity index (χ3n) is 2.74. The van der Waals surface area contributed by atoms with Gasteiger partial charge in [0.2, 0.25) is 0 Å². The monoisotopic (exact) mass is 244 g/mol. The van der Waals surface area contributed by atoms with Gasteiger partial charge in [-0.05, 0) is 36.9 Å². The van der Waals surface area contributed by atoms with Crippen LogP contribution in [0.2, 0.25) is 0 Å². The van der Waals surface area contributed by atoms with Gasteiger partial charge in [0.1, 0.15) is 0 Å². The van der Waals surface area contributed by atoms with Crippen LogP contribution >= 0.6 is 12.2 Å². The van der Waals surface area contributed by atoms with E-state index >= 15 is 0 Å². The predicted molar refractivity (Wildman–Crippen MR) is 76.8 cm³/mol. The molecule has 0 atom stereocenters. The summed E-state index contributed by atoms with van der Waals surface area (Å²) >= 11 is 5.46. The van der Waals surface area contributed by atoms with Gasteiger partial charge < -0.3 is 9.80 Å². The van der Waals surface area contributed by atoms with Crippen LogP contribution in [0.3, 0.4) is 0 Å². The van der Waals surface area contributed by atoms with E-state index < -0.39 is 0 Å². The zero-order valence-corrected chi connectivity index (χ0v) is 12.6. The molecule has 0 bridgehead atoms. The summed E-state index contributed by atoms with van der Waals surface area (Å²) in [5.41, 5.74) is 0. The fourth-order valence-corrected chi connectivity index (χ4v) is 1.57. The summed E-state index contributed by atoms with van der Waals surface area (Å²) in [6.45, 7) is 11.1. The lowest BCUT2D eigenvalue weighted by atomic mass is 10.1. The Balaban J connectivity index is 3.91. The number of nitrogens with zero attached hydrogens (tertiary/aromatic N) is 2. The van der Waals surface area contributed by atoms with Gasteiger partial charge >= 0.3 is 0 Å². The average Bonchev–Trinajstić information content (AvgIpc) is 2.21. The molecule has 0 aromatic carbocycles. The molecule has 0 spiro atoms. The molecule has 0 aliphatic carbocycles. The van der Waals surface area contributed by atoms with E-state index in [-0.39, 0.29) is 0 Å². The lowest BCUT2D eigenvalue weighted by molar-refractivity contribution is 0.361. The molecule has 0 radical (unpaired) electrons. The Kier molecular flexibility index (Phi) is 7.73. The van der Waals surface area contributed by atoms with Crippen LogP contribution < -0.4 is 0 Å². The summed E-state index contributed by atoms with van der Waals surface area (Å²) in [4.78, 5) is 4.38. The summed E-state index contributed by atoms with van der Waals surface area (Å²) in [5.74, 6) is 1.48. The van der Waals surface area contributed by atoms with Crippen molar-refractivity contribution in [3.05, 3.63) is 0 Å². The Morgan fingerprint density at radius 2 is 1.19 bits per heavy atom. The number of rotatable bonds is 6. The number of thiocarbonyl (C=S) groups is 1. The second-order valence-electron chi connectivity index (χ2n) is 5.49. The van der Waals surface area contributed by atoms with Crippen molar-refractivity contribution in [1.29, 1.82) is 0 Å². The standard InChI is InChI=1S/C13H28N2S/c1-11(2)7-9-14(5)13(16)15(6)10-8-12(3)4/h11-12H,7-10H2,1-6H3. The van der Waals surface area contributed by atoms with Crippen molar-refractivity contribution >= 4 is 17.3 Å². The maximum Gasteiger partial charge on any atom is 0.171 e. The van der Waals surface area contributed by atoms with Gasteiger partial charge in [0.25, 0.3) is 0 Å². The summed E-state index contributed by atoms with van der Waals surface area (Å²) in [5, 5.41) is 0.973. The Morgan fingerprint density at radius 3 is 1.44 bits per heavy atom. The maximum atomic E-state index is 5.46. The van der Waals surface area contributed by atoms with Gasteiger partial charge in [0.15, 0.2) is 5.11 Å². The molecule has 0 heterocycles. The Bertz CT molecular complexity index is 182. The van der Waals surface area contributed by atoms with Crippen LogP contribution in [0, 0.1) is 11.8 Å². The molecule has 0 aliphatic rings. The van der Waals surface area contributed by atoms with Crippen molar-refractivity contribution in [2.24, 2.45) is 11.8 Å². The van der Waals surface area contributed by atoms with Crippen LogP contribution in [-0.2, 0) is 0 Å². The molecule has 0 aliphatic heterocycles. The molecule has 0 unspecified atom stereocenters. The van der Waals surface area contributed by atoms with Crippen molar-refractivity contribution in [2.45, 2.75) is 40.5 Å². The summed E-state index contributed by atoms with van der Waals surface area (Å²) in [7, 11) is 4.19. The minimum Gasteiger partial charge on any atom is -0.352 e. The molecule has 0 amide bonds. The first-order valence-electron chi connectivity index (χ1n) is 6.30. The second-order valence-corrected chi connectivity index (χ2v) is 5.86. The van der Waals surface area contributed by atoms with E-state index in [1.54, 1.807) is 0 Å². The Hall–Kier alpha value is -0.310. The summed E-state index contributed by atoms with van der Waals surface area (Å²) in [6, 6.07) is 0. The SMILES string of the molecule is CC(C)CCN(C)C(=S)N(C)CCC(C)C. The van der Waals surface area contributed by atoms with Crippen molar-refractivity contribution in [3.8, 4) is 0 Å². The lowest BCUT2D eigenvalue weighted by Gasteiger charge is -2.29. The molecule has 16 heavy (non-hydrogen) atoms.